The molecule has 0 atom stereocenters. The minimum absolute atomic E-state index is 0.0795. The van der Waals surface area contributed by atoms with Gasteiger partial charge in [-0.15, -0.1) is 0 Å². The van der Waals surface area contributed by atoms with Crippen LogP contribution >= 0.6 is 0 Å². The van der Waals surface area contributed by atoms with Crippen LogP contribution in [0.3, 0.4) is 0 Å². The average Bonchev–Trinajstić information content (AvgIpc) is 2.52. The van der Waals surface area contributed by atoms with Crippen LogP contribution in [-0.2, 0) is 6.42 Å². The van der Waals surface area contributed by atoms with Gasteiger partial charge in [-0.2, -0.15) is 0 Å². The van der Waals surface area contributed by atoms with E-state index >= 15 is 0 Å². The molecule has 21 heavy (non-hydrogen) atoms. The van der Waals surface area contributed by atoms with Gasteiger partial charge in [-0.25, -0.2) is 9.97 Å². The Hall–Kier alpha value is -2.88. The third kappa shape index (κ3) is 3.36. The molecule has 0 bridgehead atoms. The van der Waals surface area contributed by atoms with E-state index in [-0.39, 0.29) is 11.8 Å². The molecule has 0 saturated heterocycles. The fourth-order valence-electron chi connectivity index (χ4n) is 2.03. The Morgan fingerprint density at radius 2 is 1.62 bits per heavy atom. The van der Waals surface area contributed by atoms with Gasteiger partial charge in [0.05, 0.1) is 0 Å². The molecule has 2 aromatic carbocycles. The summed E-state index contributed by atoms with van der Waals surface area (Å²) in [5.74, 6) is 0.425. The summed E-state index contributed by atoms with van der Waals surface area (Å²) in [6, 6.07) is 17.4. The van der Waals surface area contributed by atoms with Gasteiger partial charge in [-0.1, -0.05) is 36.4 Å². The van der Waals surface area contributed by atoms with Crippen LogP contribution in [0.4, 0.5) is 0 Å². The summed E-state index contributed by atoms with van der Waals surface area (Å²) in [7, 11) is 0. The molecule has 0 spiro atoms. The number of nitrogens with zero attached hydrogens (tertiary/aromatic N) is 2. The second kappa shape index (κ2) is 6.05. The van der Waals surface area contributed by atoms with E-state index in [0.29, 0.717) is 5.75 Å². The SMILES string of the molecule is Oc1cc(Cc2ccccc2)ccc1Oc1ncccn1. The monoisotopic (exact) mass is 278 g/mol. The van der Waals surface area contributed by atoms with Crippen LogP contribution in [0.2, 0.25) is 0 Å². The third-order valence-electron chi connectivity index (χ3n) is 3.02. The van der Waals surface area contributed by atoms with Crippen LogP contribution < -0.4 is 4.74 Å². The van der Waals surface area contributed by atoms with Gasteiger partial charge in [-0.3, -0.25) is 0 Å². The van der Waals surface area contributed by atoms with Crippen molar-refractivity contribution in [2.24, 2.45) is 0 Å². The Balaban J connectivity index is 1.77. The van der Waals surface area contributed by atoms with Gasteiger partial charge in [0.2, 0.25) is 0 Å². The first-order chi connectivity index (χ1) is 10.3. The summed E-state index contributed by atoms with van der Waals surface area (Å²) in [5.41, 5.74) is 2.21. The molecule has 1 heterocycles. The van der Waals surface area contributed by atoms with Crippen LogP contribution in [0.15, 0.2) is 67.0 Å². The van der Waals surface area contributed by atoms with Crippen molar-refractivity contribution in [2.45, 2.75) is 6.42 Å². The van der Waals surface area contributed by atoms with Crippen molar-refractivity contribution in [2.75, 3.05) is 0 Å². The molecule has 3 rings (SSSR count). The van der Waals surface area contributed by atoms with E-state index in [1.807, 2.05) is 24.3 Å². The van der Waals surface area contributed by atoms with Crippen molar-refractivity contribution in [3.05, 3.63) is 78.1 Å². The zero-order chi connectivity index (χ0) is 14.5. The fourth-order valence-corrected chi connectivity index (χ4v) is 2.03. The van der Waals surface area contributed by atoms with Crippen molar-refractivity contribution < 1.29 is 9.84 Å². The maximum absolute atomic E-state index is 10.1. The topological polar surface area (TPSA) is 55.2 Å². The summed E-state index contributed by atoms with van der Waals surface area (Å²) >= 11 is 0. The summed E-state index contributed by atoms with van der Waals surface area (Å²) in [4.78, 5) is 7.92. The molecule has 104 valence electrons. The summed E-state index contributed by atoms with van der Waals surface area (Å²) in [5, 5.41) is 10.1. The van der Waals surface area contributed by atoms with E-state index in [1.165, 1.54) is 5.56 Å². The number of phenolic OH excluding ortho intramolecular Hbond substituents is 1. The highest BCUT2D eigenvalue weighted by Gasteiger charge is 2.07. The molecule has 1 aromatic heterocycles. The lowest BCUT2D eigenvalue weighted by Crippen LogP contribution is -1.92. The number of hydrogen-bond donors (Lipinski definition) is 1. The van der Waals surface area contributed by atoms with Gasteiger partial charge in [0.1, 0.15) is 0 Å². The molecule has 0 fully saturated rings. The van der Waals surface area contributed by atoms with Crippen LogP contribution in [0.5, 0.6) is 17.5 Å². The zero-order valence-electron chi connectivity index (χ0n) is 11.3. The van der Waals surface area contributed by atoms with E-state index in [4.69, 9.17) is 4.74 Å². The van der Waals surface area contributed by atoms with Crippen molar-refractivity contribution in [3.8, 4) is 17.5 Å². The molecule has 0 saturated carbocycles. The molecule has 0 aliphatic heterocycles. The number of phenols is 1. The number of benzene rings is 2. The van der Waals surface area contributed by atoms with E-state index in [0.717, 1.165) is 12.0 Å². The zero-order valence-corrected chi connectivity index (χ0v) is 11.3. The van der Waals surface area contributed by atoms with Gasteiger partial charge in [0.15, 0.2) is 11.5 Å². The highest BCUT2D eigenvalue weighted by Crippen LogP contribution is 2.30. The third-order valence-corrected chi connectivity index (χ3v) is 3.02. The number of hydrogen-bond acceptors (Lipinski definition) is 4. The van der Waals surface area contributed by atoms with Crippen LogP contribution in [0, 0.1) is 0 Å². The Bertz CT molecular complexity index is 715. The lowest BCUT2D eigenvalue weighted by molar-refractivity contribution is 0.391. The molecule has 0 aliphatic rings. The van der Waals surface area contributed by atoms with Crippen molar-refractivity contribution in [1.82, 2.24) is 9.97 Å². The lowest BCUT2D eigenvalue weighted by Gasteiger charge is -2.08. The summed E-state index contributed by atoms with van der Waals surface area (Å²) in [6.45, 7) is 0. The van der Waals surface area contributed by atoms with Gasteiger partial charge in [0, 0.05) is 12.4 Å². The Morgan fingerprint density at radius 3 is 2.33 bits per heavy atom. The van der Waals surface area contributed by atoms with Gasteiger partial charge in [-0.05, 0) is 35.7 Å². The highest BCUT2D eigenvalue weighted by molar-refractivity contribution is 5.44. The molecular weight excluding hydrogens is 264 g/mol. The molecule has 4 heteroatoms. The minimum atomic E-state index is 0.0795. The average molecular weight is 278 g/mol. The molecule has 4 nitrogen and oxygen atoms in total. The van der Waals surface area contributed by atoms with Gasteiger partial charge < -0.3 is 9.84 Å². The lowest BCUT2D eigenvalue weighted by atomic mass is 10.0. The highest BCUT2D eigenvalue weighted by atomic mass is 16.5. The second-order valence-corrected chi connectivity index (χ2v) is 4.60. The molecular formula is C17H14N2O2. The predicted octanol–water partition coefficient (Wildman–Crippen LogP) is 3.57. The Kier molecular flexibility index (Phi) is 3.78. The Labute approximate surface area is 122 Å². The van der Waals surface area contributed by atoms with Crippen LogP contribution in [0.25, 0.3) is 0 Å². The molecule has 0 unspecified atom stereocenters. The van der Waals surface area contributed by atoms with E-state index in [9.17, 15) is 5.11 Å². The number of aromatic hydroxyl groups is 1. The van der Waals surface area contributed by atoms with Crippen molar-refractivity contribution in [1.29, 1.82) is 0 Å². The molecule has 0 amide bonds. The van der Waals surface area contributed by atoms with E-state index in [2.05, 4.69) is 22.1 Å². The standard InChI is InChI=1S/C17H14N2O2/c20-15-12-14(11-13-5-2-1-3-6-13)7-8-16(15)21-17-18-9-4-10-19-17/h1-10,12,20H,11H2. The molecule has 0 aliphatic carbocycles. The Morgan fingerprint density at radius 1 is 0.857 bits per heavy atom. The van der Waals surface area contributed by atoms with Crippen LogP contribution in [0.1, 0.15) is 11.1 Å². The normalized spacial score (nSPS) is 10.3. The van der Waals surface area contributed by atoms with E-state index < -0.39 is 0 Å². The first kappa shape index (κ1) is 13.1. The molecule has 1 N–H and O–H groups in total. The van der Waals surface area contributed by atoms with E-state index in [1.54, 1.807) is 30.6 Å². The van der Waals surface area contributed by atoms with Crippen molar-refractivity contribution >= 4 is 0 Å². The minimum Gasteiger partial charge on any atom is -0.504 e. The largest absolute Gasteiger partial charge is 0.504 e. The first-order valence-electron chi connectivity index (χ1n) is 6.62. The number of rotatable bonds is 4. The van der Waals surface area contributed by atoms with Crippen LogP contribution in [-0.4, -0.2) is 15.1 Å². The second-order valence-electron chi connectivity index (χ2n) is 4.60. The smallest absolute Gasteiger partial charge is 0.321 e. The molecule has 0 radical (unpaired) electrons. The van der Waals surface area contributed by atoms with Crippen molar-refractivity contribution in [3.63, 3.8) is 0 Å². The summed E-state index contributed by atoms with van der Waals surface area (Å²) < 4.78 is 5.44. The fraction of sp³-hybridized carbons (Fsp3) is 0.0588. The van der Waals surface area contributed by atoms with Gasteiger partial charge >= 0.3 is 6.01 Å². The predicted molar refractivity (Wildman–Crippen MR) is 79.5 cm³/mol. The maximum atomic E-state index is 10.1. The number of ether oxygens (including phenoxy) is 1. The quantitative estimate of drug-likeness (QED) is 0.792. The first-order valence-corrected chi connectivity index (χ1v) is 6.62. The maximum Gasteiger partial charge on any atom is 0.321 e. The van der Waals surface area contributed by atoms with Gasteiger partial charge in [0.25, 0.3) is 0 Å². The summed E-state index contributed by atoms with van der Waals surface area (Å²) in [6.07, 6.45) is 3.93. The molecule has 3 aromatic rings. The number of aromatic nitrogens is 2.